The monoisotopic (exact) mass is 638 g/mol. The highest BCUT2D eigenvalue weighted by atomic mass is 35.5. The summed E-state index contributed by atoms with van der Waals surface area (Å²) in [5.74, 6) is 0.292. The van der Waals surface area contributed by atoms with Gasteiger partial charge in [0.1, 0.15) is 6.04 Å². The molecule has 1 aliphatic carbocycles. The third-order valence-corrected chi connectivity index (χ3v) is 8.76. The maximum absolute atomic E-state index is 13.5. The molecule has 5 rings (SSSR count). The number of H-pyrrole nitrogens is 1. The SMILES string of the molecule is Cl.NC[C@H]1CC[C@H](C(=O)N[C@@H](Cc2ccc(-c3cccc(S(N)(=O)=O)c3)cc2)C(=O)Nc2ccc(-c3nnn[nH]3)cc2)CC1. The van der Waals surface area contributed by atoms with Gasteiger partial charge in [0, 0.05) is 23.6 Å². The second kappa shape index (κ2) is 14.5. The molecular formula is C30H35ClN8O4S. The first kappa shape index (κ1) is 32.7. The Bertz CT molecular complexity index is 1660. The number of anilines is 1. The summed E-state index contributed by atoms with van der Waals surface area (Å²) >= 11 is 0. The minimum Gasteiger partial charge on any atom is -0.344 e. The quantitative estimate of drug-likeness (QED) is 0.174. The van der Waals surface area contributed by atoms with E-state index in [1.165, 1.54) is 12.1 Å². The third-order valence-electron chi connectivity index (χ3n) is 7.84. The zero-order valence-corrected chi connectivity index (χ0v) is 25.5. The van der Waals surface area contributed by atoms with Gasteiger partial charge < -0.3 is 16.4 Å². The van der Waals surface area contributed by atoms with Crippen molar-refractivity contribution in [2.24, 2.45) is 22.7 Å². The Morgan fingerprint density at radius 3 is 2.23 bits per heavy atom. The molecule has 0 spiro atoms. The standard InChI is InChI=1S/C30H34N8O4S.ClH/c31-18-20-6-10-23(11-7-20)29(39)34-27(30(40)33-25-14-12-22(13-15-25)28-35-37-38-36-28)16-19-4-8-21(9-5-19)24-2-1-3-26(17-24)43(32,41)42;/h1-5,8-9,12-15,17,20,23,27H,6-7,10-11,16,18,31H2,(H,33,40)(H,34,39)(H2,32,41,42)(H,35,36,37,38);1H/t20-,23-,27-;/m0./s1. The van der Waals surface area contributed by atoms with Crippen LogP contribution >= 0.6 is 12.4 Å². The van der Waals surface area contributed by atoms with Gasteiger partial charge in [-0.1, -0.05) is 36.4 Å². The number of aromatic nitrogens is 4. The lowest BCUT2D eigenvalue weighted by Crippen LogP contribution is -2.48. The molecule has 2 amide bonds. The van der Waals surface area contributed by atoms with Crippen LogP contribution in [0.4, 0.5) is 5.69 Å². The van der Waals surface area contributed by atoms with Crippen LogP contribution in [0.3, 0.4) is 0 Å². The maximum atomic E-state index is 13.5. The van der Waals surface area contributed by atoms with Crippen LogP contribution in [0.2, 0.25) is 0 Å². The Hall–Kier alpha value is -4.17. The minimum absolute atomic E-state index is 0. The van der Waals surface area contributed by atoms with E-state index in [1.54, 1.807) is 36.4 Å². The van der Waals surface area contributed by atoms with Crippen LogP contribution in [-0.2, 0) is 26.0 Å². The van der Waals surface area contributed by atoms with Gasteiger partial charge in [-0.15, -0.1) is 17.5 Å². The van der Waals surface area contributed by atoms with E-state index in [-0.39, 0.29) is 41.5 Å². The summed E-state index contributed by atoms with van der Waals surface area (Å²) in [4.78, 5) is 26.8. The Morgan fingerprint density at radius 1 is 0.932 bits per heavy atom. The van der Waals surface area contributed by atoms with E-state index >= 15 is 0 Å². The van der Waals surface area contributed by atoms with E-state index in [0.29, 0.717) is 29.5 Å². The van der Waals surface area contributed by atoms with Gasteiger partial charge in [-0.05, 0) is 102 Å². The Morgan fingerprint density at radius 2 is 1.61 bits per heavy atom. The van der Waals surface area contributed by atoms with Crippen LogP contribution in [-0.4, -0.2) is 53.4 Å². The van der Waals surface area contributed by atoms with Crippen molar-refractivity contribution >= 4 is 39.9 Å². The van der Waals surface area contributed by atoms with E-state index < -0.39 is 16.1 Å². The van der Waals surface area contributed by atoms with E-state index in [2.05, 4.69) is 31.3 Å². The smallest absolute Gasteiger partial charge is 0.247 e. The molecule has 232 valence electrons. The molecule has 4 aromatic rings. The topological polar surface area (TPSA) is 199 Å². The van der Waals surface area contributed by atoms with Gasteiger partial charge in [0.15, 0.2) is 5.82 Å². The van der Waals surface area contributed by atoms with Crippen molar-refractivity contribution in [2.75, 3.05) is 11.9 Å². The number of primary sulfonamides is 1. The first-order valence-corrected chi connectivity index (χ1v) is 15.6. The van der Waals surface area contributed by atoms with E-state index in [9.17, 15) is 18.0 Å². The van der Waals surface area contributed by atoms with Gasteiger partial charge in [-0.3, -0.25) is 9.59 Å². The second-order valence-electron chi connectivity index (χ2n) is 10.8. The number of rotatable bonds is 10. The summed E-state index contributed by atoms with van der Waals surface area (Å²) in [6.07, 6.45) is 3.53. The Balaban J connectivity index is 0.00000442. The molecule has 0 saturated heterocycles. The largest absolute Gasteiger partial charge is 0.344 e. The number of tetrazole rings is 1. The van der Waals surface area contributed by atoms with Gasteiger partial charge in [0.25, 0.3) is 0 Å². The summed E-state index contributed by atoms with van der Waals surface area (Å²) in [5.41, 5.74) is 9.45. The average Bonchev–Trinajstić information content (AvgIpc) is 3.56. The lowest BCUT2D eigenvalue weighted by Gasteiger charge is -2.28. The summed E-state index contributed by atoms with van der Waals surface area (Å²) < 4.78 is 23.6. The van der Waals surface area contributed by atoms with E-state index in [0.717, 1.165) is 42.4 Å². The fourth-order valence-electron chi connectivity index (χ4n) is 5.30. The first-order chi connectivity index (χ1) is 20.7. The molecule has 7 N–H and O–H groups in total. The van der Waals surface area contributed by atoms with E-state index in [4.69, 9.17) is 10.9 Å². The van der Waals surface area contributed by atoms with E-state index in [1.807, 2.05) is 24.3 Å². The van der Waals surface area contributed by atoms with Gasteiger partial charge in [-0.2, -0.15) is 0 Å². The predicted octanol–water partition coefficient (Wildman–Crippen LogP) is 3.03. The lowest BCUT2D eigenvalue weighted by atomic mass is 9.81. The third kappa shape index (κ3) is 8.26. The highest BCUT2D eigenvalue weighted by Crippen LogP contribution is 2.29. The van der Waals surface area contributed by atoms with Gasteiger partial charge in [0.05, 0.1) is 4.90 Å². The number of amides is 2. The molecule has 1 heterocycles. The molecule has 1 saturated carbocycles. The van der Waals surface area contributed by atoms with Crippen LogP contribution in [0.15, 0.2) is 77.7 Å². The molecule has 14 heteroatoms. The Labute approximate surface area is 261 Å². The number of carbonyl (C=O) groups excluding carboxylic acids is 2. The van der Waals surface area contributed by atoms with Crippen LogP contribution in [0.5, 0.6) is 0 Å². The van der Waals surface area contributed by atoms with Crippen molar-refractivity contribution in [3.63, 3.8) is 0 Å². The molecule has 0 bridgehead atoms. The molecule has 12 nitrogen and oxygen atoms in total. The van der Waals surface area contributed by atoms with Crippen molar-refractivity contribution in [1.82, 2.24) is 25.9 Å². The maximum Gasteiger partial charge on any atom is 0.247 e. The predicted molar refractivity (Wildman–Crippen MR) is 169 cm³/mol. The number of nitrogens with zero attached hydrogens (tertiary/aromatic N) is 3. The normalized spacial score (nSPS) is 17.2. The fourth-order valence-corrected chi connectivity index (χ4v) is 5.86. The lowest BCUT2D eigenvalue weighted by molar-refractivity contribution is -0.130. The van der Waals surface area contributed by atoms with Crippen LogP contribution in [0.1, 0.15) is 31.2 Å². The zero-order valence-electron chi connectivity index (χ0n) is 23.8. The van der Waals surface area contributed by atoms with Crippen molar-refractivity contribution in [3.05, 3.63) is 78.4 Å². The summed E-state index contributed by atoms with van der Waals surface area (Å²) in [7, 11) is -3.83. The zero-order chi connectivity index (χ0) is 30.4. The molecule has 1 atom stereocenters. The minimum atomic E-state index is -3.83. The summed E-state index contributed by atoms with van der Waals surface area (Å²) in [6.45, 7) is 0.618. The molecule has 3 aromatic carbocycles. The highest BCUT2D eigenvalue weighted by Gasteiger charge is 2.29. The van der Waals surface area contributed by atoms with Gasteiger partial charge in [0.2, 0.25) is 21.8 Å². The number of aromatic amines is 1. The summed E-state index contributed by atoms with van der Waals surface area (Å²) in [5, 5.41) is 24.9. The number of carbonyl (C=O) groups is 2. The number of nitrogens with two attached hydrogens (primary N) is 2. The number of benzene rings is 3. The average molecular weight is 639 g/mol. The highest BCUT2D eigenvalue weighted by molar-refractivity contribution is 7.89. The van der Waals surface area contributed by atoms with Crippen molar-refractivity contribution < 1.29 is 18.0 Å². The second-order valence-corrected chi connectivity index (χ2v) is 12.4. The van der Waals surface area contributed by atoms with Crippen molar-refractivity contribution in [2.45, 2.75) is 43.0 Å². The fraction of sp³-hybridized carbons (Fsp3) is 0.300. The number of hydrogen-bond donors (Lipinski definition) is 5. The molecular weight excluding hydrogens is 604 g/mol. The summed E-state index contributed by atoms with van der Waals surface area (Å²) in [6, 6.07) is 20.0. The number of halogens is 1. The first-order valence-electron chi connectivity index (χ1n) is 14.1. The number of nitrogens with one attached hydrogen (secondary N) is 3. The van der Waals surface area contributed by atoms with Crippen LogP contribution in [0, 0.1) is 11.8 Å². The van der Waals surface area contributed by atoms with Gasteiger partial charge >= 0.3 is 0 Å². The Kier molecular flexibility index (Phi) is 10.8. The molecule has 1 aliphatic rings. The van der Waals surface area contributed by atoms with Crippen LogP contribution < -0.4 is 21.5 Å². The molecule has 0 radical (unpaired) electrons. The van der Waals surface area contributed by atoms with Gasteiger partial charge in [-0.25, -0.2) is 18.7 Å². The van der Waals surface area contributed by atoms with Crippen molar-refractivity contribution in [1.29, 1.82) is 0 Å². The molecule has 1 aromatic heterocycles. The number of sulfonamides is 1. The van der Waals surface area contributed by atoms with Crippen molar-refractivity contribution in [3.8, 4) is 22.5 Å². The number of hydrogen-bond acceptors (Lipinski definition) is 8. The molecule has 44 heavy (non-hydrogen) atoms. The molecule has 0 unspecified atom stereocenters. The van der Waals surface area contributed by atoms with Crippen LogP contribution in [0.25, 0.3) is 22.5 Å². The molecule has 0 aliphatic heterocycles. The molecule has 1 fully saturated rings.